The largest absolute Gasteiger partial charge is 0.493 e. The Morgan fingerprint density at radius 1 is 1.32 bits per heavy atom. The van der Waals surface area contributed by atoms with Gasteiger partial charge in [0.1, 0.15) is 12.4 Å². The first-order valence-corrected chi connectivity index (χ1v) is 6.18. The Morgan fingerprint density at radius 2 is 2.11 bits per heavy atom. The number of hydrogen-bond acceptors (Lipinski definition) is 4. The maximum atomic E-state index is 10.8. The van der Waals surface area contributed by atoms with Gasteiger partial charge in [0.2, 0.25) is 0 Å². The Kier molecular flexibility index (Phi) is 4.11. The van der Waals surface area contributed by atoms with Crippen LogP contribution < -0.4 is 9.47 Å². The van der Waals surface area contributed by atoms with E-state index in [2.05, 4.69) is 15.9 Å². The lowest BCUT2D eigenvalue weighted by atomic mass is 10.2. The average Bonchev–Trinajstić information content (AvgIpc) is 2.81. The van der Waals surface area contributed by atoms with Crippen molar-refractivity contribution in [2.24, 2.45) is 0 Å². The van der Waals surface area contributed by atoms with E-state index in [0.29, 0.717) is 21.9 Å². The molecule has 0 aliphatic rings. The fraction of sp³-hybridized carbons (Fsp3) is 0.154. The second kappa shape index (κ2) is 5.79. The average molecular weight is 327 g/mol. The van der Waals surface area contributed by atoms with Crippen molar-refractivity contribution in [2.45, 2.75) is 6.61 Å². The summed E-state index contributed by atoms with van der Waals surface area (Å²) in [6.07, 6.45) is 0. The van der Waals surface area contributed by atoms with Gasteiger partial charge in [-0.15, -0.1) is 0 Å². The molecule has 0 spiro atoms. The van der Waals surface area contributed by atoms with Crippen LogP contribution in [0.3, 0.4) is 0 Å². The fourth-order valence-electron chi connectivity index (χ4n) is 1.50. The van der Waals surface area contributed by atoms with Crippen LogP contribution in [0.25, 0.3) is 0 Å². The van der Waals surface area contributed by atoms with Crippen LogP contribution in [0.2, 0.25) is 0 Å². The molecule has 1 aromatic heterocycles. The van der Waals surface area contributed by atoms with E-state index < -0.39 is 5.97 Å². The normalized spacial score (nSPS) is 10.2. The van der Waals surface area contributed by atoms with Gasteiger partial charge in [0, 0.05) is 0 Å². The third-order valence-corrected chi connectivity index (χ3v) is 2.84. The van der Waals surface area contributed by atoms with Crippen molar-refractivity contribution in [1.82, 2.24) is 0 Å². The number of aromatic carboxylic acids is 1. The predicted octanol–water partition coefficient (Wildman–Crippen LogP) is 3.33. The van der Waals surface area contributed by atoms with Crippen LogP contribution in [-0.2, 0) is 6.61 Å². The third kappa shape index (κ3) is 3.29. The quantitative estimate of drug-likeness (QED) is 0.912. The van der Waals surface area contributed by atoms with E-state index in [9.17, 15) is 4.79 Å². The molecular formula is C13H11BrO5. The summed E-state index contributed by atoms with van der Waals surface area (Å²) in [6.45, 7) is 0.231. The summed E-state index contributed by atoms with van der Waals surface area (Å²) >= 11 is 3.20. The minimum Gasteiger partial charge on any atom is -0.493 e. The van der Waals surface area contributed by atoms with Crippen LogP contribution in [0.5, 0.6) is 11.5 Å². The number of benzene rings is 1. The molecule has 0 aliphatic carbocycles. The standard InChI is InChI=1S/C13H11BrO5/c1-17-11-6-8(13(15)16)2-4-10(11)18-7-9-3-5-12(14)19-9/h2-6H,7H2,1H3,(H,15,16). The van der Waals surface area contributed by atoms with Gasteiger partial charge in [0.15, 0.2) is 16.2 Å². The molecule has 0 fully saturated rings. The number of carboxylic acids is 1. The highest BCUT2D eigenvalue weighted by Crippen LogP contribution is 2.29. The maximum absolute atomic E-state index is 10.8. The van der Waals surface area contributed by atoms with Gasteiger partial charge in [-0.2, -0.15) is 0 Å². The first-order chi connectivity index (χ1) is 9.10. The van der Waals surface area contributed by atoms with E-state index in [1.807, 2.05) is 0 Å². The van der Waals surface area contributed by atoms with E-state index in [4.69, 9.17) is 19.0 Å². The fourth-order valence-corrected chi connectivity index (χ4v) is 1.84. The zero-order chi connectivity index (χ0) is 13.8. The molecule has 1 N–H and O–H groups in total. The zero-order valence-electron chi connectivity index (χ0n) is 10.1. The van der Waals surface area contributed by atoms with E-state index in [-0.39, 0.29) is 12.2 Å². The van der Waals surface area contributed by atoms with Crippen LogP contribution in [0.1, 0.15) is 16.1 Å². The van der Waals surface area contributed by atoms with Crippen LogP contribution in [0.15, 0.2) is 39.4 Å². The summed E-state index contributed by atoms with van der Waals surface area (Å²) in [6, 6.07) is 7.97. The highest BCUT2D eigenvalue weighted by molar-refractivity contribution is 9.10. The predicted molar refractivity (Wildman–Crippen MR) is 70.7 cm³/mol. The first-order valence-electron chi connectivity index (χ1n) is 5.38. The minimum absolute atomic E-state index is 0.143. The lowest BCUT2D eigenvalue weighted by Crippen LogP contribution is -2.00. The molecule has 0 saturated carbocycles. The van der Waals surface area contributed by atoms with Gasteiger partial charge >= 0.3 is 5.97 Å². The minimum atomic E-state index is -1.01. The highest BCUT2D eigenvalue weighted by Gasteiger charge is 2.10. The molecule has 1 heterocycles. The summed E-state index contributed by atoms with van der Waals surface area (Å²) in [5.74, 6) is 0.460. The zero-order valence-corrected chi connectivity index (χ0v) is 11.6. The van der Waals surface area contributed by atoms with Crippen molar-refractivity contribution >= 4 is 21.9 Å². The number of hydrogen-bond donors (Lipinski definition) is 1. The van der Waals surface area contributed by atoms with E-state index in [1.54, 1.807) is 18.2 Å². The number of ether oxygens (including phenoxy) is 2. The lowest BCUT2D eigenvalue weighted by molar-refractivity contribution is 0.0696. The van der Waals surface area contributed by atoms with Gasteiger partial charge in [-0.25, -0.2) is 4.79 Å². The molecule has 6 heteroatoms. The number of methoxy groups -OCH3 is 1. The van der Waals surface area contributed by atoms with Gasteiger partial charge in [-0.3, -0.25) is 0 Å². The summed E-state index contributed by atoms with van der Waals surface area (Å²) in [4.78, 5) is 10.8. The van der Waals surface area contributed by atoms with E-state index in [0.717, 1.165) is 0 Å². The van der Waals surface area contributed by atoms with Gasteiger partial charge in [-0.1, -0.05) is 0 Å². The topological polar surface area (TPSA) is 68.9 Å². The Balaban J connectivity index is 2.13. The van der Waals surface area contributed by atoms with Crippen molar-refractivity contribution in [3.05, 3.63) is 46.3 Å². The summed E-state index contributed by atoms with van der Waals surface area (Å²) in [5, 5.41) is 8.89. The molecule has 19 heavy (non-hydrogen) atoms. The molecule has 0 bridgehead atoms. The smallest absolute Gasteiger partial charge is 0.335 e. The van der Waals surface area contributed by atoms with Crippen molar-refractivity contribution in [2.75, 3.05) is 7.11 Å². The van der Waals surface area contributed by atoms with Crippen molar-refractivity contribution in [1.29, 1.82) is 0 Å². The number of furan rings is 1. The molecule has 0 amide bonds. The molecular weight excluding hydrogens is 316 g/mol. The molecule has 5 nitrogen and oxygen atoms in total. The molecule has 0 aliphatic heterocycles. The van der Waals surface area contributed by atoms with Crippen molar-refractivity contribution < 1.29 is 23.8 Å². The molecule has 0 unspecified atom stereocenters. The summed E-state index contributed by atoms with van der Waals surface area (Å²) < 4.78 is 16.6. The third-order valence-electron chi connectivity index (χ3n) is 2.41. The number of carboxylic acid groups (broad SMARTS) is 1. The number of halogens is 1. The molecule has 1 aromatic carbocycles. The van der Waals surface area contributed by atoms with E-state index in [1.165, 1.54) is 19.2 Å². The van der Waals surface area contributed by atoms with Crippen LogP contribution in [0.4, 0.5) is 0 Å². The highest BCUT2D eigenvalue weighted by atomic mass is 79.9. The van der Waals surface area contributed by atoms with Crippen molar-refractivity contribution in [3.8, 4) is 11.5 Å². The molecule has 0 saturated heterocycles. The molecule has 0 atom stereocenters. The first kappa shape index (κ1) is 13.5. The Labute approximate surface area is 117 Å². The van der Waals surface area contributed by atoms with Gasteiger partial charge < -0.3 is 19.0 Å². The van der Waals surface area contributed by atoms with E-state index >= 15 is 0 Å². The van der Waals surface area contributed by atoms with Gasteiger partial charge in [-0.05, 0) is 46.3 Å². The van der Waals surface area contributed by atoms with Crippen LogP contribution in [0, 0.1) is 0 Å². The molecule has 2 aromatic rings. The number of carbonyl (C=O) groups is 1. The number of rotatable bonds is 5. The molecule has 0 radical (unpaired) electrons. The Bertz CT molecular complexity index is 590. The summed E-state index contributed by atoms with van der Waals surface area (Å²) in [7, 11) is 1.46. The Hall–Kier alpha value is -1.95. The molecule has 100 valence electrons. The lowest BCUT2D eigenvalue weighted by Gasteiger charge is -2.10. The Morgan fingerprint density at radius 3 is 2.68 bits per heavy atom. The van der Waals surface area contributed by atoms with Gasteiger partial charge in [0.25, 0.3) is 0 Å². The molecule has 2 rings (SSSR count). The summed E-state index contributed by atoms with van der Waals surface area (Å²) in [5.41, 5.74) is 0.143. The SMILES string of the molecule is COc1cc(C(=O)O)ccc1OCc1ccc(Br)o1. The monoisotopic (exact) mass is 326 g/mol. The second-order valence-electron chi connectivity index (χ2n) is 3.67. The van der Waals surface area contributed by atoms with Crippen molar-refractivity contribution in [3.63, 3.8) is 0 Å². The maximum Gasteiger partial charge on any atom is 0.335 e. The van der Waals surface area contributed by atoms with Gasteiger partial charge in [0.05, 0.1) is 12.7 Å². The van der Waals surface area contributed by atoms with Crippen LogP contribution >= 0.6 is 15.9 Å². The van der Waals surface area contributed by atoms with Crippen LogP contribution in [-0.4, -0.2) is 18.2 Å². The second-order valence-corrected chi connectivity index (χ2v) is 4.45.